The topological polar surface area (TPSA) is 95.5 Å². The number of hydrogen-bond donors (Lipinski definition) is 2. The maximum atomic E-state index is 4.56. The maximum absolute atomic E-state index is 4.56. The van der Waals surface area contributed by atoms with E-state index in [1.807, 2.05) is 18.3 Å². The molecule has 0 bridgehead atoms. The van der Waals surface area contributed by atoms with E-state index in [1.54, 1.807) is 6.20 Å². The molecule has 0 radical (unpaired) electrons. The quantitative estimate of drug-likeness (QED) is 0.716. The van der Waals surface area contributed by atoms with Crippen molar-refractivity contribution in [1.82, 2.24) is 35.9 Å². The fourth-order valence-electron chi connectivity index (χ4n) is 3.54. The molecule has 0 aliphatic carbocycles. The minimum Gasteiger partial charge on any atom is -0.338 e. The van der Waals surface area contributed by atoms with Gasteiger partial charge < -0.3 is 10.2 Å². The average molecular weight is 364 g/mol. The second-order valence-electron chi connectivity index (χ2n) is 7.28. The Labute approximate surface area is 158 Å². The van der Waals surface area contributed by atoms with E-state index in [4.69, 9.17) is 0 Å². The van der Waals surface area contributed by atoms with E-state index in [2.05, 4.69) is 67.6 Å². The Bertz CT molecular complexity index is 889. The van der Waals surface area contributed by atoms with Gasteiger partial charge in [-0.25, -0.2) is 4.98 Å². The molecule has 2 N–H and O–H groups in total. The molecule has 8 heteroatoms. The Morgan fingerprint density at radius 2 is 2.07 bits per heavy atom. The maximum Gasteiger partial charge on any atom is 0.245 e. The molecule has 1 atom stereocenters. The van der Waals surface area contributed by atoms with Gasteiger partial charge in [0.25, 0.3) is 0 Å². The summed E-state index contributed by atoms with van der Waals surface area (Å²) >= 11 is 0. The Hall–Kier alpha value is -2.87. The zero-order valence-electron chi connectivity index (χ0n) is 15.8. The number of aromatic nitrogens is 6. The molecule has 140 valence electrons. The van der Waals surface area contributed by atoms with Crippen LogP contribution in [0.3, 0.4) is 0 Å². The number of rotatable bonds is 5. The van der Waals surface area contributed by atoms with Crippen molar-refractivity contribution < 1.29 is 0 Å². The second kappa shape index (κ2) is 7.40. The van der Waals surface area contributed by atoms with E-state index < -0.39 is 0 Å². The second-order valence-corrected chi connectivity index (χ2v) is 7.28. The van der Waals surface area contributed by atoms with Crippen LogP contribution in [-0.4, -0.2) is 55.8 Å². The van der Waals surface area contributed by atoms with Gasteiger partial charge in [-0.2, -0.15) is 0 Å². The molecule has 3 heterocycles. The van der Waals surface area contributed by atoms with Crippen LogP contribution in [0.5, 0.6) is 0 Å². The highest BCUT2D eigenvalue weighted by Crippen LogP contribution is 2.26. The molecule has 4 rings (SSSR count). The Morgan fingerprint density at radius 1 is 1.19 bits per heavy atom. The molecule has 0 amide bonds. The van der Waals surface area contributed by atoms with Gasteiger partial charge in [0.2, 0.25) is 5.95 Å². The smallest absolute Gasteiger partial charge is 0.245 e. The molecular formula is C19H24N8. The number of aryl methyl sites for hydroxylation is 1. The summed E-state index contributed by atoms with van der Waals surface area (Å²) in [6.07, 6.45) is 4.69. The highest BCUT2D eigenvalue weighted by atomic mass is 15.3. The number of H-pyrrole nitrogens is 1. The van der Waals surface area contributed by atoms with Gasteiger partial charge in [-0.1, -0.05) is 31.2 Å². The van der Waals surface area contributed by atoms with Crippen molar-refractivity contribution >= 4 is 5.95 Å². The first-order valence-corrected chi connectivity index (χ1v) is 9.28. The molecule has 1 aliphatic heterocycles. The van der Waals surface area contributed by atoms with Crippen LogP contribution in [0.1, 0.15) is 25.8 Å². The van der Waals surface area contributed by atoms with Crippen molar-refractivity contribution in [1.29, 1.82) is 0 Å². The Balaban J connectivity index is 1.49. The summed E-state index contributed by atoms with van der Waals surface area (Å²) in [7, 11) is 0. The van der Waals surface area contributed by atoms with Gasteiger partial charge in [0, 0.05) is 42.5 Å². The molecule has 8 nitrogen and oxygen atoms in total. The van der Waals surface area contributed by atoms with E-state index in [0.29, 0.717) is 18.0 Å². The number of hydrogen-bond acceptors (Lipinski definition) is 7. The lowest BCUT2D eigenvalue weighted by Gasteiger charge is -2.18. The summed E-state index contributed by atoms with van der Waals surface area (Å²) in [6, 6.07) is 7.09. The fraction of sp³-hybridized carbons (Fsp3) is 0.421. The molecule has 3 aromatic rings. The predicted octanol–water partition coefficient (Wildman–Crippen LogP) is 2.21. The molecular weight excluding hydrogens is 340 g/mol. The summed E-state index contributed by atoms with van der Waals surface area (Å²) < 4.78 is 0. The molecule has 0 saturated carbocycles. The third kappa shape index (κ3) is 3.80. The van der Waals surface area contributed by atoms with Gasteiger partial charge in [-0.15, -0.1) is 15.3 Å². The van der Waals surface area contributed by atoms with Gasteiger partial charge >= 0.3 is 0 Å². The lowest BCUT2D eigenvalue weighted by atomic mass is 10.0. The van der Waals surface area contributed by atoms with E-state index in [0.717, 1.165) is 47.6 Å². The summed E-state index contributed by atoms with van der Waals surface area (Å²) in [5.41, 5.74) is 4.74. The van der Waals surface area contributed by atoms with Gasteiger partial charge in [-0.3, -0.25) is 5.10 Å². The van der Waals surface area contributed by atoms with Crippen LogP contribution in [0.15, 0.2) is 30.6 Å². The number of nitrogens with zero attached hydrogens (tertiary/aromatic N) is 6. The van der Waals surface area contributed by atoms with E-state index in [1.165, 1.54) is 0 Å². The fourth-order valence-corrected chi connectivity index (χ4v) is 3.54. The van der Waals surface area contributed by atoms with Crippen molar-refractivity contribution in [2.24, 2.45) is 0 Å². The van der Waals surface area contributed by atoms with Crippen molar-refractivity contribution in [2.75, 3.05) is 18.0 Å². The van der Waals surface area contributed by atoms with Gasteiger partial charge in [-0.05, 0) is 25.0 Å². The van der Waals surface area contributed by atoms with E-state index in [-0.39, 0.29) is 0 Å². The standard InChI is InChI=1S/C19H24N8/c1-12(2)22-15-6-7-27(11-15)19-20-9-18(23-25-19)16-5-4-14(8-13(16)3)17-10-21-26-24-17/h4-5,8-10,12,15,22H,6-7,11H2,1-3H3,(H,21,24,26). The Morgan fingerprint density at radius 3 is 2.74 bits per heavy atom. The summed E-state index contributed by atoms with van der Waals surface area (Å²) in [4.78, 5) is 6.75. The highest BCUT2D eigenvalue weighted by Gasteiger charge is 2.24. The third-order valence-electron chi connectivity index (χ3n) is 4.80. The first kappa shape index (κ1) is 17.5. The SMILES string of the molecule is Cc1cc(-c2c[nH]nn2)ccc1-c1cnc(N2CCC(NC(C)C)C2)nn1. The molecule has 1 aromatic carbocycles. The molecule has 1 aliphatic rings. The number of anilines is 1. The summed E-state index contributed by atoms with van der Waals surface area (Å²) in [5, 5.41) is 22.9. The zero-order chi connectivity index (χ0) is 18.8. The molecule has 2 aromatic heterocycles. The van der Waals surface area contributed by atoms with Crippen molar-refractivity contribution in [2.45, 2.75) is 39.3 Å². The molecule has 0 spiro atoms. The first-order chi connectivity index (χ1) is 13.1. The molecule has 1 saturated heterocycles. The lowest BCUT2D eigenvalue weighted by molar-refractivity contribution is 0.491. The number of benzene rings is 1. The molecule has 27 heavy (non-hydrogen) atoms. The number of aromatic amines is 1. The van der Waals surface area contributed by atoms with Gasteiger partial charge in [0.1, 0.15) is 11.4 Å². The minimum atomic E-state index is 0.486. The van der Waals surface area contributed by atoms with Crippen molar-refractivity contribution in [3.8, 4) is 22.5 Å². The predicted molar refractivity (Wildman–Crippen MR) is 104 cm³/mol. The highest BCUT2D eigenvalue weighted by molar-refractivity contribution is 5.69. The first-order valence-electron chi connectivity index (χ1n) is 9.28. The van der Waals surface area contributed by atoms with Crippen LogP contribution >= 0.6 is 0 Å². The van der Waals surface area contributed by atoms with Crippen LogP contribution in [0.25, 0.3) is 22.5 Å². The van der Waals surface area contributed by atoms with E-state index in [9.17, 15) is 0 Å². The number of nitrogens with one attached hydrogen (secondary N) is 2. The Kier molecular flexibility index (Phi) is 4.81. The largest absolute Gasteiger partial charge is 0.338 e. The van der Waals surface area contributed by atoms with Crippen molar-refractivity contribution in [3.05, 3.63) is 36.2 Å². The third-order valence-corrected chi connectivity index (χ3v) is 4.80. The van der Waals surface area contributed by atoms with Gasteiger partial charge in [0.15, 0.2) is 0 Å². The van der Waals surface area contributed by atoms with Crippen LogP contribution in [0.2, 0.25) is 0 Å². The summed E-state index contributed by atoms with van der Waals surface area (Å²) in [6.45, 7) is 8.27. The van der Waals surface area contributed by atoms with Crippen LogP contribution in [0, 0.1) is 6.92 Å². The van der Waals surface area contributed by atoms with Crippen LogP contribution in [-0.2, 0) is 0 Å². The monoisotopic (exact) mass is 364 g/mol. The van der Waals surface area contributed by atoms with Gasteiger partial charge in [0.05, 0.1) is 6.20 Å². The normalized spacial score (nSPS) is 17.0. The van der Waals surface area contributed by atoms with Crippen LogP contribution in [0.4, 0.5) is 5.95 Å². The van der Waals surface area contributed by atoms with E-state index >= 15 is 0 Å². The lowest BCUT2D eigenvalue weighted by Crippen LogP contribution is -2.37. The van der Waals surface area contributed by atoms with Crippen LogP contribution < -0.4 is 10.2 Å². The van der Waals surface area contributed by atoms with Crippen molar-refractivity contribution in [3.63, 3.8) is 0 Å². The molecule has 1 unspecified atom stereocenters. The zero-order valence-corrected chi connectivity index (χ0v) is 15.8. The minimum absolute atomic E-state index is 0.486. The average Bonchev–Trinajstić information content (AvgIpc) is 3.33. The summed E-state index contributed by atoms with van der Waals surface area (Å²) in [5.74, 6) is 0.698. The molecule has 1 fully saturated rings.